The number of hydrogen-bond donors (Lipinski definition) is 1. The highest BCUT2D eigenvalue weighted by atomic mass is 32.2. The molecule has 0 saturated carbocycles. The van der Waals surface area contributed by atoms with Crippen LogP contribution in [0.4, 0.5) is 0 Å². The van der Waals surface area contributed by atoms with Crippen LogP contribution >= 0.6 is 0 Å². The highest BCUT2D eigenvalue weighted by Crippen LogP contribution is 2.25. The third-order valence-corrected chi connectivity index (χ3v) is 5.99. The number of hydrogen-bond acceptors (Lipinski definition) is 4. The average molecular weight is 375 g/mol. The molecule has 0 aliphatic heterocycles. The molecule has 1 amide bonds. The SMILES string of the molecule is CNC(=O)[C@@H](C(C)C)N(Cc1cccnc1)S(=O)(=O)c1ccc(C)cc1. The smallest absolute Gasteiger partial charge is 0.244 e. The lowest BCUT2D eigenvalue weighted by Gasteiger charge is -2.32. The van der Waals surface area contributed by atoms with E-state index in [1.165, 1.54) is 11.4 Å². The molecule has 1 aromatic heterocycles. The van der Waals surface area contributed by atoms with Gasteiger partial charge < -0.3 is 5.32 Å². The summed E-state index contributed by atoms with van der Waals surface area (Å²) in [6.07, 6.45) is 3.24. The number of benzene rings is 1. The number of amides is 1. The second-order valence-electron chi connectivity index (χ2n) is 6.53. The maximum atomic E-state index is 13.3. The van der Waals surface area contributed by atoms with Gasteiger partial charge in [0.15, 0.2) is 0 Å². The van der Waals surface area contributed by atoms with Crippen molar-refractivity contribution in [2.24, 2.45) is 5.92 Å². The Kier molecular flexibility index (Phi) is 6.50. The quantitative estimate of drug-likeness (QED) is 0.806. The summed E-state index contributed by atoms with van der Waals surface area (Å²) in [5.74, 6) is -0.536. The normalized spacial score (nSPS) is 13.0. The second-order valence-corrected chi connectivity index (χ2v) is 8.42. The molecule has 0 saturated heterocycles. The van der Waals surface area contributed by atoms with Crippen molar-refractivity contribution in [1.82, 2.24) is 14.6 Å². The van der Waals surface area contributed by atoms with Crippen LogP contribution in [0.1, 0.15) is 25.0 Å². The van der Waals surface area contributed by atoms with E-state index >= 15 is 0 Å². The molecular formula is C19H25N3O3S. The van der Waals surface area contributed by atoms with Crippen molar-refractivity contribution in [2.45, 2.75) is 38.3 Å². The van der Waals surface area contributed by atoms with Crippen LogP contribution in [0.2, 0.25) is 0 Å². The molecular weight excluding hydrogens is 350 g/mol. The Hall–Kier alpha value is -2.25. The highest BCUT2D eigenvalue weighted by molar-refractivity contribution is 7.89. The minimum absolute atomic E-state index is 0.0698. The number of carbonyl (C=O) groups excluding carboxylic acids is 1. The molecule has 1 atom stereocenters. The van der Waals surface area contributed by atoms with Crippen molar-refractivity contribution in [2.75, 3.05) is 7.05 Å². The Morgan fingerprint density at radius 3 is 2.35 bits per heavy atom. The topological polar surface area (TPSA) is 79.4 Å². The van der Waals surface area contributed by atoms with Crippen LogP contribution in [0.25, 0.3) is 0 Å². The molecule has 1 N–H and O–H groups in total. The standard InChI is InChI=1S/C19H25N3O3S/c1-14(2)18(19(23)20-4)22(13-16-6-5-11-21-12-16)26(24,25)17-9-7-15(3)8-10-17/h5-12,14,18H,13H2,1-4H3,(H,20,23)/t18-/m1/s1. The summed E-state index contributed by atoms with van der Waals surface area (Å²) in [6.45, 7) is 5.63. The molecule has 1 heterocycles. The molecule has 0 aliphatic rings. The van der Waals surface area contributed by atoms with Crippen LogP contribution in [-0.4, -0.2) is 36.7 Å². The lowest BCUT2D eigenvalue weighted by molar-refractivity contribution is -0.125. The molecule has 0 spiro atoms. The van der Waals surface area contributed by atoms with Crippen molar-refractivity contribution in [3.8, 4) is 0 Å². The van der Waals surface area contributed by atoms with Gasteiger partial charge in [-0.3, -0.25) is 9.78 Å². The van der Waals surface area contributed by atoms with Gasteiger partial charge in [0.1, 0.15) is 6.04 Å². The average Bonchev–Trinajstić information content (AvgIpc) is 2.62. The molecule has 7 heteroatoms. The van der Waals surface area contributed by atoms with Crippen LogP contribution in [-0.2, 0) is 21.4 Å². The van der Waals surface area contributed by atoms with Crippen molar-refractivity contribution in [3.63, 3.8) is 0 Å². The third kappa shape index (κ3) is 4.47. The Labute approximate surface area is 155 Å². The van der Waals surface area contributed by atoms with Gasteiger partial charge in [-0.1, -0.05) is 37.6 Å². The van der Waals surface area contributed by atoms with E-state index in [9.17, 15) is 13.2 Å². The van der Waals surface area contributed by atoms with Crippen molar-refractivity contribution < 1.29 is 13.2 Å². The van der Waals surface area contributed by atoms with Gasteiger partial charge in [-0.25, -0.2) is 8.42 Å². The van der Waals surface area contributed by atoms with Crippen LogP contribution in [0.3, 0.4) is 0 Å². The minimum atomic E-state index is -3.87. The number of nitrogens with one attached hydrogen (secondary N) is 1. The number of nitrogens with zero attached hydrogens (tertiary/aromatic N) is 2. The summed E-state index contributed by atoms with van der Waals surface area (Å²) >= 11 is 0. The molecule has 0 bridgehead atoms. The zero-order valence-corrected chi connectivity index (χ0v) is 16.3. The Balaban J connectivity index is 2.54. The van der Waals surface area contributed by atoms with Gasteiger partial charge in [-0.15, -0.1) is 0 Å². The summed E-state index contributed by atoms with van der Waals surface area (Å²) in [5, 5.41) is 2.58. The number of aromatic nitrogens is 1. The van der Waals surface area contributed by atoms with Gasteiger partial charge in [0.2, 0.25) is 15.9 Å². The van der Waals surface area contributed by atoms with Gasteiger partial charge in [-0.05, 0) is 36.6 Å². The Bertz CT molecular complexity index is 834. The van der Waals surface area contributed by atoms with E-state index in [-0.39, 0.29) is 23.3 Å². The summed E-state index contributed by atoms with van der Waals surface area (Å²) in [6, 6.07) is 9.36. The van der Waals surface area contributed by atoms with E-state index in [1.807, 2.05) is 20.8 Å². The summed E-state index contributed by atoms with van der Waals surface area (Å²) in [5.41, 5.74) is 1.69. The number of pyridine rings is 1. The predicted octanol–water partition coefficient (Wildman–Crippen LogP) is 2.35. The fraction of sp³-hybridized carbons (Fsp3) is 0.368. The first-order chi connectivity index (χ1) is 12.3. The lowest BCUT2D eigenvalue weighted by Crippen LogP contribution is -2.51. The van der Waals surface area contributed by atoms with E-state index in [2.05, 4.69) is 10.3 Å². The van der Waals surface area contributed by atoms with E-state index < -0.39 is 16.1 Å². The molecule has 0 aliphatic carbocycles. The number of rotatable bonds is 7. The largest absolute Gasteiger partial charge is 0.358 e. The fourth-order valence-corrected chi connectivity index (χ4v) is 4.47. The molecule has 2 aromatic rings. The van der Waals surface area contributed by atoms with Gasteiger partial charge in [0, 0.05) is 26.0 Å². The van der Waals surface area contributed by atoms with Crippen LogP contribution in [0, 0.1) is 12.8 Å². The second kappa shape index (κ2) is 8.42. The van der Waals surface area contributed by atoms with Gasteiger partial charge in [0.05, 0.1) is 4.90 Å². The van der Waals surface area contributed by atoms with Crippen molar-refractivity contribution >= 4 is 15.9 Å². The maximum absolute atomic E-state index is 13.3. The monoisotopic (exact) mass is 375 g/mol. The Morgan fingerprint density at radius 1 is 1.19 bits per heavy atom. The molecule has 6 nitrogen and oxygen atoms in total. The van der Waals surface area contributed by atoms with E-state index in [0.29, 0.717) is 0 Å². The van der Waals surface area contributed by atoms with Gasteiger partial charge >= 0.3 is 0 Å². The highest BCUT2D eigenvalue weighted by Gasteiger charge is 2.37. The van der Waals surface area contributed by atoms with Crippen LogP contribution in [0.5, 0.6) is 0 Å². The fourth-order valence-electron chi connectivity index (χ4n) is 2.76. The molecule has 0 fully saturated rings. The van der Waals surface area contributed by atoms with E-state index in [1.54, 1.807) is 48.8 Å². The molecule has 2 rings (SSSR count). The maximum Gasteiger partial charge on any atom is 0.244 e. The van der Waals surface area contributed by atoms with Crippen LogP contribution < -0.4 is 5.32 Å². The molecule has 1 aromatic carbocycles. The molecule has 0 radical (unpaired) electrons. The summed E-state index contributed by atoms with van der Waals surface area (Å²) in [4.78, 5) is 16.7. The van der Waals surface area contributed by atoms with E-state index in [4.69, 9.17) is 0 Å². The number of likely N-dealkylation sites (N-methyl/N-ethyl adjacent to an activating group) is 1. The van der Waals surface area contributed by atoms with Crippen molar-refractivity contribution in [1.29, 1.82) is 0 Å². The van der Waals surface area contributed by atoms with Gasteiger partial charge in [0.25, 0.3) is 0 Å². The number of sulfonamides is 1. The first kappa shape index (κ1) is 20.1. The van der Waals surface area contributed by atoms with E-state index in [0.717, 1.165) is 11.1 Å². The number of carbonyl (C=O) groups is 1. The van der Waals surface area contributed by atoms with Crippen LogP contribution in [0.15, 0.2) is 53.7 Å². The third-order valence-electron chi connectivity index (χ3n) is 4.15. The summed E-state index contributed by atoms with van der Waals surface area (Å²) < 4.78 is 27.9. The first-order valence-corrected chi connectivity index (χ1v) is 9.90. The molecule has 26 heavy (non-hydrogen) atoms. The molecule has 140 valence electrons. The first-order valence-electron chi connectivity index (χ1n) is 8.46. The Morgan fingerprint density at radius 2 is 1.85 bits per heavy atom. The zero-order valence-electron chi connectivity index (χ0n) is 15.5. The van der Waals surface area contributed by atoms with Gasteiger partial charge in [-0.2, -0.15) is 4.31 Å². The predicted molar refractivity (Wildman–Crippen MR) is 101 cm³/mol. The number of aryl methyl sites for hydroxylation is 1. The van der Waals surface area contributed by atoms with Crippen molar-refractivity contribution in [3.05, 3.63) is 59.9 Å². The summed E-state index contributed by atoms with van der Waals surface area (Å²) in [7, 11) is -2.36. The zero-order chi connectivity index (χ0) is 19.3. The minimum Gasteiger partial charge on any atom is -0.358 e. The lowest BCUT2D eigenvalue weighted by atomic mass is 10.0. The molecule has 0 unspecified atom stereocenters.